The van der Waals surface area contributed by atoms with Gasteiger partial charge in [0, 0.05) is 12.0 Å². The third-order valence-electron chi connectivity index (χ3n) is 4.50. The van der Waals surface area contributed by atoms with Gasteiger partial charge in [-0.15, -0.1) is 0 Å². The van der Waals surface area contributed by atoms with E-state index in [0.29, 0.717) is 0 Å². The van der Waals surface area contributed by atoms with Gasteiger partial charge in [-0.3, -0.25) is 0 Å². The monoisotopic (exact) mass is 341 g/mol. The number of nitrogens with one attached hydrogen (secondary N) is 1. The maximum Gasteiger partial charge on any atom is 0.0807 e. The van der Waals surface area contributed by atoms with Crippen LogP contribution in [0.5, 0.6) is 0 Å². The van der Waals surface area contributed by atoms with E-state index in [2.05, 4.69) is 33.0 Å². The van der Waals surface area contributed by atoms with E-state index in [1.54, 1.807) is 0 Å². The zero-order valence-electron chi connectivity index (χ0n) is 16.5. The van der Waals surface area contributed by atoms with Crippen LogP contribution in [-0.2, 0) is 0 Å². The van der Waals surface area contributed by atoms with Crippen molar-refractivity contribution in [3.63, 3.8) is 0 Å². The molecule has 0 amide bonds. The summed E-state index contributed by atoms with van der Waals surface area (Å²) in [6, 6.07) is 0. The highest BCUT2D eigenvalue weighted by molar-refractivity contribution is 7.80. The van der Waals surface area contributed by atoms with E-state index >= 15 is 0 Å². The predicted molar refractivity (Wildman–Crippen MR) is 110 cm³/mol. The van der Waals surface area contributed by atoms with Crippen molar-refractivity contribution in [2.45, 2.75) is 118 Å². The molecule has 0 heterocycles. The standard InChI is InChI=1S/C21H43NS/c1-5-6-7-8-9-10-11-12-13-14-15-16-17-18-19-22-20(23)21(2,3)4/h5-19H2,1-4H3,(H,22,23). The summed E-state index contributed by atoms with van der Waals surface area (Å²) in [5, 5.41) is 3.40. The average molecular weight is 342 g/mol. The molecule has 0 unspecified atom stereocenters. The van der Waals surface area contributed by atoms with Crippen LogP contribution in [0, 0.1) is 5.41 Å². The van der Waals surface area contributed by atoms with Crippen LogP contribution in [0.25, 0.3) is 0 Å². The normalized spacial score (nSPS) is 11.7. The maximum atomic E-state index is 5.38. The Morgan fingerprint density at radius 3 is 1.35 bits per heavy atom. The highest BCUT2D eigenvalue weighted by Gasteiger charge is 2.15. The second-order valence-electron chi connectivity index (χ2n) is 8.10. The van der Waals surface area contributed by atoms with Crippen LogP contribution in [0.15, 0.2) is 0 Å². The van der Waals surface area contributed by atoms with Gasteiger partial charge in [-0.2, -0.15) is 0 Å². The lowest BCUT2D eigenvalue weighted by molar-refractivity contribution is 0.531. The van der Waals surface area contributed by atoms with Crippen LogP contribution < -0.4 is 5.32 Å². The molecular weight excluding hydrogens is 298 g/mol. The first kappa shape index (κ1) is 22.9. The molecule has 0 aromatic heterocycles. The number of hydrogen-bond acceptors (Lipinski definition) is 1. The van der Waals surface area contributed by atoms with Crippen molar-refractivity contribution in [1.82, 2.24) is 5.32 Å². The first-order valence-electron chi connectivity index (χ1n) is 10.3. The Bertz CT molecular complexity index is 268. The molecule has 0 aliphatic carbocycles. The Balaban J connectivity index is 3.12. The number of hydrogen-bond donors (Lipinski definition) is 1. The molecule has 0 aromatic rings. The van der Waals surface area contributed by atoms with Crippen molar-refractivity contribution in [1.29, 1.82) is 0 Å². The van der Waals surface area contributed by atoms with Crippen LogP contribution in [0.3, 0.4) is 0 Å². The molecule has 0 aromatic carbocycles. The Morgan fingerprint density at radius 2 is 1.00 bits per heavy atom. The summed E-state index contributed by atoms with van der Waals surface area (Å²) < 4.78 is 0. The zero-order valence-corrected chi connectivity index (χ0v) is 17.3. The van der Waals surface area contributed by atoms with Crippen LogP contribution in [-0.4, -0.2) is 11.5 Å². The molecule has 0 aliphatic rings. The molecule has 0 spiro atoms. The molecule has 1 N–H and O–H groups in total. The third-order valence-corrected chi connectivity index (χ3v) is 5.25. The van der Waals surface area contributed by atoms with E-state index < -0.39 is 0 Å². The van der Waals surface area contributed by atoms with E-state index in [4.69, 9.17) is 12.2 Å². The minimum atomic E-state index is 0.116. The summed E-state index contributed by atoms with van der Waals surface area (Å²) in [6.07, 6.45) is 19.8. The molecule has 23 heavy (non-hydrogen) atoms. The highest BCUT2D eigenvalue weighted by Crippen LogP contribution is 2.15. The first-order chi connectivity index (χ1) is 11.0. The molecule has 0 aliphatic heterocycles. The lowest BCUT2D eigenvalue weighted by Gasteiger charge is -2.21. The minimum Gasteiger partial charge on any atom is -0.379 e. The quantitative estimate of drug-likeness (QED) is 0.245. The van der Waals surface area contributed by atoms with Crippen LogP contribution in [0.4, 0.5) is 0 Å². The Kier molecular flexibility index (Phi) is 15.3. The molecule has 0 fully saturated rings. The maximum absolute atomic E-state index is 5.38. The van der Waals surface area contributed by atoms with Gasteiger partial charge in [0.2, 0.25) is 0 Å². The van der Waals surface area contributed by atoms with Gasteiger partial charge in [-0.05, 0) is 6.42 Å². The molecule has 0 bridgehead atoms. The van der Waals surface area contributed by atoms with Crippen molar-refractivity contribution >= 4 is 17.2 Å². The van der Waals surface area contributed by atoms with E-state index in [-0.39, 0.29) is 5.41 Å². The highest BCUT2D eigenvalue weighted by atomic mass is 32.1. The second kappa shape index (κ2) is 15.4. The molecular formula is C21H43NS. The largest absolute Gasteiger partial charge is 0.379 e. The van der Waals surface area contributed by atoms with E-state index in [1.807, 2.05) is 0 Å². The van der Waals surface area contributed by atoms with E-state index in [0.717, 1.165) is 11.5 Å². The number of unbranched alkanes of at least 4 members (excludes halogenated alkanes) is 13. The van der Waals surface area contributed by atoms with Gasteiger partial charge in [0.25, 0.3) is 0 Å². The van der Waals surface area contributed by atoms with Crippen molar-refractivity contribution in [2.24, 2.45) is 5.41 Å². The lowest BCUT2D eigenvalue weighted by atomic mass is 9.96. The van der Waals surface area contributed by atoms with Crippen LogP contribution in [0.1, 0.15) is 118 Å². The first-order valence-corrected chi connectivity index (χ1v) is 10.7. The predicted octanol–water partition coefficient (Wildman–Crippen LogP) is 7.43. The van der Waals surface area contributed by atoms with Crippen molar-refractivity contribution < 1.29 is 0 Å². The topological polar surface area (TPSA) is 12.0 Å². The summed E-state index contributed by atoms with van der Waals surface area (Å²) in [5.74, 6) is 0. The van der Waals surface area contributed by atoms with Crippen LogP contribution in [0.2, 0.25) is 0 Å². The van der Waals surface area contributed by atoms with E-state index in [9.17, 15) is 0 Å². The van der Waals surface area contributed by atoms with Gasteiger partial charge in [-0.1, -0.05) is 123 Å². The SMILES string of the molecule is CCCCCCCCCCCCCCCCNC(=S)C(C)(C)C. The summed E-state index contributed by atoms with van der Waals surface area (Å²) in [5.41, 5.74) is 0.116. The van der Waals surface area contributed by atoms with E-state index in [1.165, 1.54) is 89.9 Å². The summed E-state index contributed by atoms with van der Waals surface area (Å²) in [7, 11) is 0. The average Bonchev–Trinajstić information content (AvgIpc) is 2.50. The third kappa shape index (κ3) is 16.5. The molecule has 0 atom stereocenters. The molecule has 138 valence electrons. The molecule has 0 radical (unpaired) electrons. The molecule has 0 rings (SSSR count). The summed E-state index contributed by atoms with van der Waals surface area (Å²) in [4.78, 5) is 1.01. The summed E-state index contributed by atoms with van der Waals surface area (Å²) >= 11 is 5.38. The molecule has 0 saturated heterocycles. The van der Waals surface area contributed by atoms with Crippen molar-refractivity contribution in [3.8, 4) is 0 Å². The van der Waals surface area contributed by atoms with Gasteiger partial charge in [0.1, 0.15) is 0 Å². The Morgan fingerprint density at radius 1 is 0.652 bits per heavy atom. The minimum absolute atomic E-state index is 0.116. The zero-order chi connectivity index (χ0) is 17.4. The summed E-state index contributed by atoms with van der Waals surface area (Å²) in [6.45, 7) is 9.86. The second-order valence-corrected chi connectivity index (χ2v) is 8.51. The Labute approximate surface area is 152 Å². The number of thiocarbonyl (C=S) groups is 1. The van der Waals surface area contributed by atoms with Crippen molar-refractivity contribution in [2.75, 3.05) is 6.54 Å². The fraction of sp³-hybridized carbons (Fsp3) is 0.952. The molecule has 0 saturated carbocycles. The van der Waals surface area contributed by atoms with Crippen LogP contribution >= 0.6 is 12.2 Å². The van der Waals surface area contributed by atoms with Crippen molar-refractivity contribution in [3.05, 3.63) is 0 Å². The van der Waals surface area contributed by atoms with Gasteiger partial charge in [-0.25, -0.2) is 0 Å². The number of rotatable bonds is 15. The van der Waals surface area contributed by atoms with Gasteiger partial charge < -0.3 is 5.32 Å². The van der Waals surface area contributed by atoms with Gasteiger partial charge in [0.15, 0.2) is 0 Å². The lowest BCUT2D eigenvalue weighted by Crippen LogP contribution is -2.33. The fourth-order valence-electron chi connectivity index (χ4n) is 2.79. The van der Waals surface area contributed by atoms with Gasteiger partial charge in [0.05, 0.1) is 4.99 Å². The van der Waals surface area contributed by atoms with Gasteiger partial charge >= 0.3 is 0 Å². The molecule has 2 heteroatoms. The molecule has 1 nitrogen and oxygen atoms in total. The fourth-order valence-corrected chi connectivity index (χ4v) is 2.89. The Hall–Kier alpha value is -0.110. The smallest absolute Gasteiger partial charge is 0.0807 e.